The number of methoxy groups -OCH3 is 1. The highest BCUT2D eigenvalue weighted by molar-refractivity contribution is 5.79. The number of fused-ring (bicyclic) bond motifs is 1. The summed E-state index contributed by atoms with van der Waals surface area (Å²) in [7, 11) is 1.49. The van der Waals surface area contributed by atoms with Crippen LogP contribution in [0.25, 0.3) is 22.3 Å². The average Bonchev–Trinajstić information content (AvgIpc) is 2.74. The van der Waals surface area contributed by atoms with Crippen LogP contribution in [0.15, 0.2) is 71.8 Å². The third-order valence-electron chi connectivity index (χ3n) is 4.44. The molecule has 140 valence electrons. The fraction of sp³-hybridized carbons (Fsp3) is 0.0952. The third-order valence-corrected chi connectivity index (χ3v) is 4.44. The first kappa shape index (κ1) is 17.5. The Bertz CT molecular complexity index is 1190. The number of aromatic nitrogens is 3. The summed E-state index contributed by atoms with van der Waals surface area (Å²) >= 11 is 0. The van der Waals surface area contributed by atoms with E-state index in [0.717, 1.165) is 5.56 Å². The standard InChI is InChI=1S/C21H18N4O3/c1-28-18-8-4-5-15(19(18)26)13-23-25-20(14-9-11-22-12-10-14)24-17-7-3-2-6-16(17)21(25)27/h2-12,23,26H,13H2,1H3. The molecule has 2 aromatic carbocycles. The second-order valence-corrected chi connectivity index (χ2v) is 6.13. The number of hydrogen-bond acceptors (Lipinski definition) is 6. The van der Waals surface area contributed by atoms with E-state index in [4.69, 9.17) is 4.74 Å². The van der Waals surface area contributed by atoms with E-state index in [1.165, 1.54) is 11.8 Å². The first-order chi connectivity index (χ1) is 13.7. The Morgan fingerprint density at radius 2 is 1.86 bits per heavy atom. The zero-order valence-electron chi connectivity index (χ0n) is 15.2. The Kier molecular flexibility index (Phi) is 4.63. The van der Waals surface area contributed by atoms with E-state index in [9.17, 15) is 9.90 Å². The van der Waals surface area contributed by atoms with Gasteiger partial charge in [-0.15, -0.1) is 0 Å². The van der Waals surface area contributed by atoms with Crippen LogP contribution in [0.4, 0.5) is 0 Å². The summed E-state index contributed by atoms with van der Waals surface area (Å²) in [5, 5.41) is 10.8. The van der Waals surface area contributed by atoms with Gasteiger partial charge in [-0.1, -0.05) is 24.3 Å². The molecule has 0 radical (unpaired) electrons. The normalized spacial score (nSPS) is 10.8. The molecule has 0 saturated carbocycles. The highest BCUT2D eigenvalue weighted by Crippen LogP contribution is 2.29. The van der Waals surface area contributed by atoms with E-state index < -0.39 is 0 Å². The van der Waals surface area contributed by atoms with Crippen LogP contribution in [-0.4, -0.2) is 26.9 Å². The molecule has 0 aliphatic heterocycles. The molecular formula is C21H18N4O3. The zero-order chi connectivity index (χ0) is 19.5. The minimum absolute atomic E-state index is 0.0322. The number of nitrogens with one attached hydrogen (secondary N) is 1. The summed E-state index contributed by atoms with van der Waals surface area (Å²) in [4.78, 5) is 21.8. The van der Waals surface area contributed by atoms with Gasteiger partial charge in [-0.3, -0.25) is 9.78 Å². The average molecular weight is 374 g/mol. The van der Waals surface area contributed by atoms with E-state index in [1.54, 1.807) is 60.9 Å². The molecule has 0 amide bonds. The number of aromatic hydroxyl groups is 1. The second kappa shape index (κ2) is 7.40. The highest BCUT2D eigenvalue weighted by atomic mass is 16.5. The first-order valence-electron chi connectivity index (χ1n) is 8.70. The maximum atomic E-state index is 13.1. The van der Waals surface area contributed by atoms with Crippen molar-refractivity contribution >= 4 is 10.9 Å². The molecule has 0 bridgehead atoms. The summed E-state index contributed by atoms with van der Waals surface area (Å²) in [5.74, 6) is 0.871. The number of para-hydroxylation sites is 2. The molecule has 28 heavy (non-hydrogen) atoms. The van der Waals surface area contributed by atoms with Gasteiger partial charge in [0.25, 0.3) is 5.56 Å². The van der Waals surface area contributed by atoms with E-state index in [2.05, 4.69) is 15.4 Å². The van der Waals surface area contributed by atoms with Crippen molar-refractivity contribution < 1.29 is 9.84 Å². The monoisotopic (exact) mass is 374 g/mol. The lowest BCUT2D eigenvalue weighted by Gasteiger charge is -2.16. The van der Waals surface area contributed by atoms with Crippen molar-refractivity contribution in [1.82, 2.24) is 14.6 Å². The van der Waals surface area contributed by atoms with Crippen molar-refractivity contribution in [2.75, 3.05) is 12.5 Å². The molecule has 0 saturated heterocycles. The topological polar surface area (TPSA) is 89.3 Å². The quantitative estimate of drug-likeness (QED) is 0.558. The van der Waals surface area contributed by atoms with Gasteiger partial charge in [0.15, 0.2) is 17.3 Å². The molecule has 7 nitrogen and oxygen atoms in total. The predicted octanol–water partition coefficient (Wildman–Crippen LogP) is 2.92. The Balaban J connectivity index is 1.81. The largest absolute Gasteiger partial charge is 0.504 e. The molecule has 4 aromatic rings. The summed E-state index contributed by atoms with van der Waals surface area (Å²) < 4.78 is 6.55. The predicted molar refractivity (Wildman–Crippen MR) is 107 cm³/mol. The summed E-state index contributed by atoms with van der Waals surface area (Å²) in [5.41, 5.74) is 4.82. The highest BCUT2D eigenvalue weighted by Gasteiger charge is 2.14. The van der Waals surface area contributed by atoms with Gasteiger partial charge >= 0.3 is 0 Å². The van der Waals surface area contributed by atoms with Gasteiger partial charge in [-0.25, -0.2) is 9.66 Å². The second-order valence-electron chi connectivity index (χ2n) is 6.13. The van der Waals surface area contributed by atoms with Gasteiger partial charge in [-0.2, -0.15) is 0 Å². The van der Waals surface area contributed by atoms with E-state index in [0.29, 0.717) is 28.0 Å². The minimum Gasteiger partial charge on any atom is -0.504 e. The van der Waals surface area contributed by atoms with Crippen LogP contribution in [0.5, 0.6) is 11.5 Å². The molecule has 2 N–H and O–H groups in total. The van der Waals surface area contributed by atoms with Crippen LogP contribution in [0, 0.1) is 0 Å². The smallest absolute Gasteiger partial charge is 0.280 e. The van der Waals surface area contributed by atoms with Crippen molar-refractivity contribution in [2.45, 2.75) is 6.54 Å². The van der Waals surface area contributed by atoms with Crippen LogP contribution >= 0.6 is 0 Å². The molecule has 0 aliphatic carbocycles. The first-order valence-corrected chi connectivity index (χ1v) is 8.70. The number of benzene rings is 2. The third kappa shape index (κ3) is 3.14. The lowest BCUT2D eigenvalue weighted by atomic mass is 10.2. The Morgan fingerprint density at radius 3 is 2.64 bits per heavy atom. The van der Waals surface area contributed by atoms with Gasteiger partial charge in [0, 0.05) is 23.5 Å². The van der Waals surface area contributed by atoms with Gasteiger partial charge in [0.1, 0.15) is 0 Å². The van der Waals surface area contributed by atoms with Crippen molar-refractivity contribution in [3.63, 3.8) is 0 Å². The van der Waals surface area contributed by atoms with Crippen LogP contribution in [0.1, 0.15) is 5.56 Å². The van der Waals surface area contributed by atoms with Gasteiger partial charge in [0.2, 0.25) is 0 Å². The van der Waals surface area contributed by atoms with Gasteiger partial charge in [-0.05, 0) is 30.3 Å². The molecule has 0 atom stereocenters. The molecule has 2 heterocycles. The molecule has 7 heteroatoms. The molecule has 0 aliphatic rings. The van der Waals surface area contributed by atoms with Crippen LogP contribution in [0.3, 0.4) is 0 Å². The molecular weight excluding hydrogens is 356 g/mol. The molecule has 0 spiro atoms. The van der Waals surface area contributed by atoms with E-state index >= 15 is 0 Å². The number of rotatable bonds is 5. The van der Waals surface area contributed by atoms with Crippen molar-refractivity contribution in [2.24, 2.45) is 0 Å². The van der Waals surface area contributed by atoms with Gasteiger partial charge < -0.3 is 15.3 Å². The van der Waals surface area contributed by atoms with Crippen molar-refractivity contribution in [3.05, 3.63) is 82.9 Å². The zero-order valence-corrected chi connectivity index (χ0v) is 15.2. The minimum atomic E-state index is -0.222. The maximum absolute atomic E-state index is 13.1. The fourth-order valence-corrected chi connectivity index (χ4v) is 3.01. The Labute approximate surface area is 160 Å². The number of hydrogen-bond donors (Lipinski definition) is 2. The Morgan fingerprint density at radius 1 is 1.07 bits per heavy atom. The number of phenolic OH excluding ortho intramolecular Hbond substituents is 1. The van der Waals surface area contributed by atoms with Crippen molar-refractivity contribution in [1.29, 1.82) is 0 Å². The summed E-state index contributed by atoms with van der Waals surface area (Å²) in [6.07, 6.45) is 3.30. The van der Waals surface area contributed by atoms with Gasteiger partial charge in [0.05, 0.1) is 24.6 Å². The van der Waals surface area contributed by atoms with Crippen LogP contribution in [0.2, 0.25) is 0 Å². The molecule has 0 fully saturated rings. The maximum Gasteiger partial charge on any atom is 0.280 e. The fourth-order valence-electron chi connectivity index (χ4n) is 3.01. The van der Waals surface area contributed by atoms with Crippen molar-refractivity contribution in [3.8, 4) is 22.9 Å². The SMILES string of the molecule is COc1cccc(CNn2c(-c3ccncc3)nc3ccccc3c2=O)c1O. The number of phenols is 1. The number of ether oxygens (including phenoxy) is 1. The van der Waals surface area contributed by atoms with E-state index in [-0.39, 0.29) is 17.9 Å². The lowest BCUT2D eigenvalue weighted by Crippen LogP contribution is -2.31. The van der Waals surface area contributed by atoms with Crippen LogP contribution in [-0.2, 0) is 6.54 Å². The molecule has 2 aromatic heterocycles. The number of nitrogens with zero attached hydrogens (tertiary/aromatic N) is 3. The van der Waals surface area contributed by atoms with E-state index in [1.807, 2.05) is 6.07 Å². The Hall–Kier alpha value is -3.87. The van der Waals surface area contributed by atoms with Crippen LogP contribution < -0.4 is 15.7 Å². The lowest BCUT2D eigenvalue weighted by molar-refractivity contribution is 0.370. The molecule has 0 unspecified atom stereocenters. The summed E-state index contributed by atoms with van der Waals surface area (Å²) in [6.45, 7) is 0.209. The molecule has 4 rings (SSSR count). The number of pyridine rings is 1. The summed E-state index contributed by atoms with van der Waals surface area (Å²) in [6, 6.07) is 16.0.